The minimum Gasteiger partial charge on any atom is -0.478 e. The van der Waals surface area contributed by atoms with Gasteiger partial charge in [0.2, 0.25) is 0 Å². The van der Waals surface area contributed by atoms with Gasteiger partial charge in [0.25, 0.3) is 0 Å². The number of carbonyl (C=O) groups is 8. The summed E-state index contributed by atoms with van der Waals surface area (Å²) in [6.07, 6.45) is 4.55. The molecule has 0 unspecified atom stereocenters. The van der Waals surface area contributed by atoms with Crippen molar-refractivity contribution in [3.63, 3.8) is 0 Å². The predicted molar refractivity (Wildman–Crippen MR) is 257 cm³/mol. The van der Waals surface area contributed by atoms with Crippen LogP contribution in [0.15, 0.2) is 99.2 Å². The Balaban J connectivity index is -0.0000000744. The average Bonchev–Trinajstić information content (AvgIpc) is 3.32. The molecule has 408 valence electrons. The maximum absolute atomic E-state index is 9.60. The first-order chi connectivity index (χ1) is 32.0. The third kappa shape index (κ3) is 72.9. The maximum Gasteiger partial charge on any atom is 0.330 e. The molecule has 0 spiro atoms. The Hall–Kier alpha value is -6.68. The largest absolute Gasteiger partial charge is 0.478 e. The Bertz CT molecular complexity index is 1300. The van der Waals surface area contributed by atoms with Gasteiger partial charge in [-0.25, -0.2) is 38.4 Å². The highest BCUT2D eigenvalue weighted by Crippen LogP contribution is 2.25. The molecule has 0 bridgehead atoms. The summed E-state index contributed by atoms with van der Waals surface area (Å²) in [5, 5.41) is 133. The predicted octanol–water partition coefficient (Wildman–Crippen LogP) is 1.32. The zero-order chi connectivity index (χ0) is 58.4. The zero-order valence-electron chi connectivity index (χ0n) is 40.8. The third-order valence-electron chi connectivity index (χ3n) is 7.16. The van der Waals surface area contributed by atoms with E-state index in [0.717, 1.165) is 24.3 Å². The summed E-state index contributed by atoms with van der Waals surface area (Å²) < 4.78 is 5.47. The van der Waals surface area contributed by atoms with E-state index in [2.05, 4.69) is 52.6 Å². The second kappa shape index (κ2) is 56.6. The lowest BCUT2D eigenvalue weighted by atomic mass is 9.86. The fourth-order valence-electron chi connectivity index (χ4n) is 1.72. The van der Waals surface area contributed by atoms with Gasteiger partial charge < -0.3 is 86.4 Å². The standard InChI is InChI=1S/C12H26O5.C5H12O4.4C4H6O2.4C3H4O2/c1-3-11(5-13,6-14)9-17-10-12(4-2,7-15)8-16;6-1-5(2-7,3-8)4-9;4*1-3(2)4(5)6;4*1-2-3(4)5/h13-16H,3-10H2,1-2H3;6-9H,1-4H2;4*1H2,2H3,(H,5,6);4*2H,1H2,(H,4,5). The van der Waals surface area contributed by atoms with E-state index in [1.54, 1.807) is 0 Å². The third-order valence-corrected chi connectivity index (χ3v) is 7.16. The molecule has 0 aliphatic heterocycles. The summed E-state index contributed by atoms with van der Waals surface area (Å²) in [6, 6.07) is 0. The number of carboxylic acids is 8. The van der Waals surface area contributed by atoms with Crippen molar-refractivity contribution < 1.29 is 125 Å². The highest BCUT2D eigenvalue weighted by molar-refractivity contribution is 5.86. The molecule has 0 atom stereocenters. The molecule has 0 amide bonds. The molecule has 0 aromatic heterocycles. The smallest absolute Gasteiger partial charge is 0.330 e. The monoisotopic (exact) mass is 1020 g/mol. The number of aliphatic hydroxyl groups is 8. The molecular formula is C45H78O25. The van der Waals surface area contributed by atoms with Crippen LogP contribution in [0.3, 0.4) is 0 Å². The molecular weight excluding hydrogens is 940 g/mol. The van der Waals surface area contributed by atoms with Crippen molar-refractivity contribution in [2.75, 3.05) is 66.1 Å². The van der Waals surface area contributed by atoms with Gasteiger partial charge in [0, 0.05) is 57.4 Å². The van der Waals surface area contributed by atoms with Crippen LogP contribution in [0.25, 0.3) is 0 Å². The lowest BCUT2D eigenvalue weighted by molar-refractivity contribution is -0.133. The fourth-order valence-corrected chi connectivity index (χ4v) is 1.72. The first-order valence-corrected chi connectivity index (χ1v) is 19.4. The summed E-state index contributed by atoms with van der Waals surface area (Å²) in [4.78, 5) is 75.4. The highest BCUT2D eigenvalue weighted by atomic mass is 16.5. The first-order valence-electron chi connectivity index (χ1n) is 19.4. The van der Waals surface area contributed by atoms with E-state index >= 15 is 0 Å². The Morgan fingerprint density at radius 2 is 0.471 bits per heavy atom. The second-order valence-electron chi connectivity index (χ2n) is 13.5. The van der Waals surface area contributed by atoms with E-state index in [1.165, 1.54) is 27.7 Å². The van der Waals surface area contributed by atoms with Gasteiger partial charge in [-0.1, -0.05) is 66.5 Å². The van der Waals surface area contributed by atoms with Gasteiger partial charge in [-0.3, -0.25) is 0 Å². The van der Waals surface area contributed by atoms with E-state index in [-0.39, 0.29) is 61.9 Å². The molecule has 0 radical (unpaired) electrons. The van der Waals surface area contributed by atoms with E-state index in [4.69, 9.17) is 66.0 Å². The number of aliphatic carboxylic acids is 8. The lowest BCUT2D eigenvalue weighted by Gasteiger charge is -2.32. The number of hydrogen-bond donors (Lipinski definition) is 16. The van der Waals surface area contributed by atoms with Crippen LogP contribution < -0.4 is 0 Å². The number of rotatable bonds is 22. The Labute approximate surface area is 407 Å². The molecule has 70 heavy (non-hydrogen) atoms. The van der Waals surface area contributed by atoms with Gasteiger partial charge in [0.1, 0.15) is 0 Å². The van der Waals surface area contributed by atoms with Crippen LogP contribution in [0, 0.1) is 16.2 Å². The minimum atomic E-state index is -1.11. The van der Waals surface area contributed by atoms with Crippen LogP contribution in [0.5, 0.6) is 0 Å². The molecule has 0 saturated carbocycles. The minimum absolute atomic E-state index is 0.141. The second-order valence-corrected chi connectivity index (χ2v) is 13.5. The lowest BCUT2D eigenvalue weighted by Crippen LogP contribution is -2.39. The number of hydrogen-bond acceptors (Lipinski definition) is 17. The Morgan fingerprint density at radius 3 is 0.514 bits per heavy atom. The van der Waals surface area contributed by atoms with Crippen LogP contribution in [-0.2, 0) is 43.1 Å². The molecule has 25 nitrogen and oxygen atoms in total. The van der Waals surface area contributed by atoms with Gasteiger partial charge in [0.05, 0.1) is 71.5 Å². The van der Waals surface area contributed by atoms with Crippen molar-refractivity contribution in [1.82, 2.24) is 0 Å². The number of ether oxygens (including phenoxy) is 1. The van der Waals surface area contributed by atoms with Crippen molar-refractivity contribution in [3.05, 3.63) is 99.2 Å². The normalized spacial score (nSPS) is 9.11. The van der Waals surface area contributed by atoms with Crippen LogP contribution in [-0.4, -0.2) is 196 Å². The molecule has 25 heteroatoms. The fraction of sp³-hybridized carbons (Fsp3) is 0.467. The van der Waals surface area contributed by atoms with Gasteiger partial charge in [0.15, 0.2) is 0 Å². The van der Waals surface area contributed by atoms with Crippen molar-refractivity contribution in [3.8, 4) is 0 Å². The van der Waals surface area contributed by atoms with Gasteiger partial charge in [-0.15, -0.1) is 0 Å². The van der Waals surface area contributed by atoms with Crippen molar-refractivity contribution in [1.29, 1.82) is 0 Å². The average molecular weight is 1020 g/mol. The highest BCUT2D eigenvalue weighted by Gasteiger charge is 2.31. The molecule has 16 N–H and O–H groups in total. The van der Waals surface area contributed by atoms with Gasteiger partial charge >= 0.3 is 47.8 Å². The number of carboxylic acid groups (broad SMARTS) is 8. The van der Waals surface area contributed by atoms with E-state index in [0.29, 0.717) is 12.8 Å². The van der Waals surface area contributed by atoms with Gasteiger partial charge in [-0.05, 0) is 40.5 Å². The van der Waals surface area contributed by atoms with Gasteiger partial charge in [-0.2, -0.15) is 0 Å². The molecule has 0 fully saturated rings. The SMILES string of the molecule is C=C(C)C(=O)O.C=C(C)C(=O)O.C=C(C)C(=O)O.C=C(C)C(=O)O.C=CC(=O)O.C=CC(=O)O.C=CC(=O)O.C=CC(=O)O.CCC(CO)(CO)COCC(CC)(CO)CO.OCC(CO)(CO)CO. The topological polar surface area (TPSA) is 469 Å². The number of aliphatic hydroxyl groups excluding tert-OH is 8. The van der Waals surface area contributed by atoms with Crippen LogP contribution in [0.4, 0.5) is 0 Å². The molecule has 0 heterocycles. The molecule has 0 aliphatic rings. The van der Waals surface area contributed by atoms with E-state index < -0.39 is 90.4 Å². The molecule has 0 aliphatic carbocycles. The Kier molecular flexibility index (Phi) is 70.0. The van der Waals surface area contributed by atoms with Crippen LogP contribution in [0.2, 0.25) is 0 Å². The summed E-state index contributed by atoms with van der Waals surface area (Å²) in [5.74, 6) is -7.67. The van der Waals surface area contributed by atoms with Crippen LogP contribution in [0.1, 0.15) is 54.4 Å². The summed E-state index contributed by atoms with van der Waals surface area (Å²) in [6.45, 7) is 32.3. The Morgan fingerprint density at radius 1 is 0.357 bits per heavy atom. The quantitative estimate of drug-likeness (QED) is 0.0680. The van der Waals surface area contributed by atoms with Crippen molar-refractivity contribution in [2.45, 2.75) is 54.4 Å². The van der Waals surface area contributed by atoms with E-state index in [1.807, 2.05) is 13.8 Å². The van der Waals surface area contributed by atoms with E-state index in [9.17, 15) is 58.8 Å². The maximum atomic E-state index is 9.60. The molecule has 0 aromatic rings. The molecule has 0 saturated heterocycles. The first kappa shape index (κ1) is 86.5. The molecule has 0 aromatic carbocycles. The van der Waals surface area contributed by atoms with Crippen molar-refractivity contribution in [2.24, 2.45) is 16.2 Å². The summed E-state index contributed by atoms with van der Waals surface area (Å²) in [5.41, 5.74) is -1.68. The summed E-state index contributed by atoms with van der Waals surface area (Å²) in [7, 11) is 0. The van der Waals surface area contributed by atoms with Crippen molar-refractivity contribution >= 4 is 47.8 Å². The molecule has 0 rings (SSSR count). The van der Waals surface area contributed by atoms with Crippen LogP contribution >= 0.6 is 0 Å². The summed E-state index contributed by atoms with van der Waals surface area (Å²) >= 11 is 0. The zero-order valence-corrected chi connectivity index (χ0v) is 40.8.